The average molecular weight is 242 g/mol. The molecule has 0 unspecified atom stereocenters. The number of carbonyl (C=O) groups excluding carboxylic acids is 2. The summed E-state index contributed by atoms with van der Waals surface area (Å²) in [7, 11) is 1.64. The predicted octanol–water partition coefficient (Wildman–Crippen LogP) is -1.51. The van der Waals surface area contributed by atoms with Gasteiger partial charge in [-0.05, 0) is 6.54 Å². The van der Waals surface area contributed by atoms with Crippen LogP contribution in [-0.4, -0.2) is 74.5 Å². The van der Waals surface area contributed by atoms with Crippen molar-refractivity contribution in [1.82, 2.24) is 20.4 Å². The van der Waals surface area contributed by atoms with Crippen LogP contribution in [-0.2, 0) is 9.59 Å². The monoisotopic (exact) mass is 242 g/mol. The molecule has 1 rings (SSSR count). The lowest BCUT2D eigenvalue weighted by atomic mass is 10.3. The number of amides is 2. The Morgan fingerprint density at radius 1 is 1.18 bits per heavy atom. The molecule has 6 nitrogen and oxygen atoms in total. The van der Waals surface area contributed by atoms with Gasteiger partial charge in [0.1, 0.15) is 0 Å². The molecule has 1 aliphatic heterocycles. The van der Waals surface area contributed by atoms with Crippen LogP contribution in [0.1, 0.15) is 6.92 Å². The first-order valence-corrected chi connectivity index (χ1v) is 6.08. The van der Waals surface area contributed by atoms with Crippen molar-refractivity contribution in [3.63, 3.8) is 0 Å². The van der Waals surface area contributed by atoms with Gasteiger partial charge in [0, 0.05) is 33.2 Å². The fourth-order valence-electron chi connectivity index (χ4n) is 1.78. The van der Waals surface area contributed by atoms with Crippen LogP contribution in [0.5, 0.6) is 0 Å². The summed E-state index contributed by atoms with van der Waals surface area (Å²) in [5.41, 5.74) is 0. The second kappa shape index (κ2) is 7.24. The molecule has 0 radical (unpaired) electrons. The molecule has 1 saturated heterocycles. The van der Waals surface area contributed by atoms with Crippen molar-refractivity contribution >= 4 is 11.8 Å². The summed E-state index contributed by atoms with van der Waals surface area (Å²) in [5.74, 6) is 0.170. The van der Waals surface area contributed by atoms with E-state index in [9.17, 15) is 9.59 Å². The van der Waals surface area contributed by atoms with E-state index in [1.54, 1.807) is 7.05 Å². The second-order valence-electron chi connectivity index (χ2n) is 4.11. The zero-order valence-corrected chi connectivity index (χ0v) is 10.7. The Hall–Kier alpha value is -1.14. The van der Waals surface area contributed by atoms with Gasteiger partial charge >= 0.3 is 0 Å². The average Bonchev–Trinajstić information content (AvgIpc) is 2.36. The van der Waals surface area contributed by atoms with Gasteiger partial charge in [-0.1, -0.05) is 6.92 Å². The topological polar surface area (TPSA) is 64.7 Å². The molecule has 0 aliphatic carbocycles. The highest BCUT2D eigenvalue weighted by molar-refractivity contribution is 5.79. The summed E-state index contributed by atoms with van der Waals surface area (Å²) >= 11 is 0. The lowest BCUT2D eigenvalue weighted by Crippen LogP contribution is -2.52. The largest absolute Gasteiger partial charge is 0.358 e. The minimum atomic E-state index is 0.0254. The van der Waals surface area contributed by atoms with Gasteiger partial charge in [0.2, 0.25) is 11.8 Å². The van der Waals surface area contributed by atoms with Crippen LogP contribution < -0.4 is 10.6 Å². The number of carbonyl (C=O) groups is 2. The lowest BCUT2D eigenvalue weighted by molar-refractivity contribution is -0.132. The van der Waals surface area contributed by atoms with E-state index >= 15 is 0 Å². The number of nitrogens with zero attached hydrogens (tertiary/aromatic N) is 2. The molecule has 0 saturated carbocycles. The number of hydrogen-bond acceptors (Lipinski definition) is 4. The molecule has 0 bridgehead atoms. The maximum Gasteiger partial charge on any atom is 0.236 e. The highest BCUT2D eigenvalue weighted by atomic mass is 16.2. The second-order valence-corrected chi connectivity index (χ2v) is 4.11. The van der Waals surface area contributed by atoms with E-state index in [0.717, 1.165) is 19.6 Å². The van der Waals surface area contributed by atoms with E-state index in [2.05, 4.69) is 15.5 Å². The van der Waals surface area contributed by atoms with Gasteiger partial charge in [0.25, 0.3) is 0 Å². The fourth-order valence-corrected chi connectivity index (χ4v) is 1.78. The van der Waals surface area contributed by atoms with Crippen molar-refractivity contribution < 1.29 is 9.59 Å². The van der Waals surface area contributed by atoms with Crippen molar-refractivity contribution in [3.8, 4) is 0 Å². The summed E-state index contributed by atoms with van der Waals surface area (Å²) in [5, 5.41) is 5.63. The number of piperazine rings is 1. The van der Waals surface area contributed by atoms with Crippen LogP contribution in [0.15, 0.2) is 0 Å². The third-order valence-corrected chi connectivity index (χ3v) is 2.90. The Balaban J connectivity index is 2.25. The molecular formula is C11H22N4O2. The van der Waals surface area contributed by atoms with E-state index in [4.69, 9.17) is 0 Å². The normalized spacial score (nSPS) is 16.9. The van der Waals surface area contributed by atoms with Crippen LogP contribution in [0.25, 0.3) is 0 Å². The van der Waals surface area contributed by atoms with Gasteiger partial charge < -0.3 is 15.5 Å². The Bertz CT molecular complexity index is 262. The first kappa shape index (κ1) is 13.9. The fraction of sp³-hybridized carbons (Fsp3) is 0.818. The number of likely N-dealkylation sites (N-methyl/N-ethyl adjacent to an activating group) is 2. The molecule has 1 fully saturated rings. The Morgan fingerprint density at radius 2 is 1.82 bits per heavy atom. The SMILES string of the molecule is CCNCC(=O)N1CCN(CC(=O)NC)CC1. The van der Waals surface area contributed by atoms with Gasteiger partial charge in [-0.2, -0.15) is 0 Å². The lowest BCUT2D eigenvalue weighted by Gasteiger charge is -2.34. The smallest absolute Gasteiger partial charge is 0.236 e. The first-order chi connectivity index (χ1) is 8.17. The Labute approximate surface area is 102 Å². The molecule has 6 heteroatoms. The van der Waals surface area contributed by atoms with Crippen LogP contribution >= 0.6 is 0 Å². The molecule has 0 aromatic carbocycles. The quantitative estimate of drug-likeness (QED) is 0.615. The van der Waals surface area contributed by atoms with E-state index < -0.39 is 0 Å². The molecule has 1 aliphatic rings. The van der Waals surface area contributed by atoms with E-state index in [1.165, 1.54) is 0 Å². The number of nitrogens with one attached hydrogen (secondary N) is 2. The van der Waals surface area contributed by atoms with Crippen LogP contribution in [0.4, 0.5) is 0 Å². The standard InChI is InChI=1S/C11H22N4O2/c1-3-13-8-11(17)15-6-4-14(5-7-15)9-10(16)12-2/h13H,3-9H2,1-2H3,(H,12,16). The highest BCUT2D eigenvalue weighted by Crippen LogP contribution is 2.01. The molecule has 0 atom stereocenters. The minimum Gasteiger partial charge on any atom is -0.358 e. The summed E-state index contributed by atoms with van der Waals surface area (Å²) in [4.78, 5) is 26.8. The molecule has 2 amide bonds. The Kier molecular flexibility index (Phi) is 5.93. The summed E-state index contributed by atoms with van der Waals surface area (Å²) in [6.07, 6.45) is 0. The molecule has 0 spiro atoms. The molecular weight excluding hydrogens is 220 g/mol. The van der Waals surface area contributed by atoms with Crippen LogP contribution in [0, 0.1) is 0 Å². The zero-order valence-electron chi connectivity index (χ0n) is 10.7. The maximum atomic E-state index is 11.7. The van der Waals surface area contributed by atoms with E-state index in [0.29, 0.717) is 26.2 Å². The third-order valence-electron chi connectivity index (χ3n) is 2.90. The minimum absolute atomic E-state index is 0.0254. The number of hydrogen-bond donors (Lipinski definition) is 2. The molecule has 1 heterocycles. The van der Waals surface area contributed by atoms with Crippen LogP contribution in [0.2, 0.25) is 0 Å². The zero-order chi connectivity index (χ0) is 12.7. The first-order valence-electron chi connectivity index (χ1n) is 6.08. The highest BCUT2D eigenvalue weighted by Gasteiger charge is 2.21. The number of rotatable bonds is 5. The third kappa shape index (κ3) is 4.70. The summed E-state index contributed by atoms with van der Waals surface area (Å²) in [6, 6.07) is 0. The van der Waals surface area contributed by atoms with E-state index in [-0.39, 0.29) is 11.8 Å². The van der Waals surface area contributed by atoms with Gasteiger partial charge in [-0.25, -0.2) is 0 Å². The molecule has 0 aromatic rings. The summed E-state index contributed by atoms with van der Waals surface area (Å²) in [6.45, 7) is 6.58. The van der Waals surface area contributed by atoms with Gasteiger partial charge in [-0.3, -0.25) is 14.5 Å². The maximum absolute atomic E-state index is 11.7. The van der Waals surface area contributed by atoms with Crippen molar-refractivity contribution in [1.29, 1.82) is 0 Å². The Morgan fingerprint density at radius 3 is 2.35 bits per heavy atom. The van der Waals surface area contributed by atoms with Crippen molar-refractivity contribution in [2.24, 2.45) is 0 Å². The molecule has 2 N–H and O–H groups in total. The van der Waals surface area contributed by atoms with Crippen LogP contribution in [0.3, 0.4) is 0 Å². The molecule has 98 valence electrons. The summed E-state index contributed by atoms with van der Waals surface area (Å²) < 4.78 is 0. The molecule has 0 aromatic heterocycles. The predicted molar refractivity (Wildman–Crippen MR) is 65.6 cm³/mol. The molecule has 17 heavy (non-hydrogen) atoms. The van der Waals surface area contributed by atoms with Crippen molar-refractivity contribution in [2.45, 2.75) is 6.92 Å². The van der Waals surface area contributed by atoms with Gasteiger partial charge in [0.15, 0.2) is 0 Å². The van der Waals surface area contributed by atoms with Gasteiger partial charge in [-0.15, -0.1) is 0 Å². The van der Waals surface area contributed by atoms with Crippen molar-refractivity contribution in [2.75, 3.05) is 52.9 Å². The van der Waals surface area contributed by atoms with E-state index in [1.807, 2.05) is 11.8 Å². The van der Waals surface area contributed by atoms with Crippen molar-refractivity contribution in [3.05, 3.63) is 0 Å². The van der Waals surface area contributed by atoms with Gasteiger partial charge in [0.05, 0.1) is 13.1 Å².